The number of benzene rings is 3. The number of phenols is 1. The highest BCUT2D eigenvalue weighted by Crippen LogP contribution is 2.66. The summed E-state index contributed by atoms with van der Waals surface area (Å²) in [5.74, 6) is -21.8. The van der Waals surface area contributed by atoms with Crippen LogP contribution in [-0.4, -0.2) is 50.5 Å². The number of hydrogen-bond donors (Lipinski definition) is 1. The number of amides is 4. The first-order chi connectivity index (χ1) is 23.2. The molecule has 3 aromatic rings. The molecular formula is C34H23Cl2F5N2O6. The summed E-state index contributed by atoms with van der Waals surface area (Å²) in [5.41, 5.74) is -1.12. The lowest BCUT2D eigenvalue weighted by Gasteiger charge is -2.50. The number of nitrogens with zero attached hydrogens (tertiary/aromatic N) is 2. The summed E-state index contributed by atoms with van der Waals surface area (Å²) in [5, 5.41) is 11.2. The van der Waals surface area contributed by atoms with Gasteiger partial charge in [-0.05, 0) is 30.4 Å². The number of anilines is 1. The second kappa shape index (κ2) is 11.3. The standard InChI is InChI=1S/C34H23Cl2F5N2O6/c1-49-15-7-8-17(20(44)11-15)22-16-9-10-18-21(30(46)42(29(18)45)13-14-5-3-2-4-6-14)19(16)12-33(35)31(47)43(32(48)34(22,33)36)28-26(40)24(38)23(37)25(39)27(28)41/h2-9,11,18-19,21-22,44H,10,12-13H2,1H3/t18-,19+,21-,22+,33+,34-/m0/s1. The van der Waals surface area contributed by atoms with Gasteiger partial charge in [0.25, 0.3) is 11.8 Å². The van der Waals surface area contributed by atoms with Gasteiger partial charge in [-0.1, -0.05) is 48.0 Å². The van der Waals surface area contributed by atoms with Gasteiger partial charge in [0, 0.05) is 17.5 Å². The van der Waals surface area contributed by atoms with E-state index < -0.39 is 104 Å². The normalized spacial score (nSPS) is 29.2. The van der Waals surface area contributed by atoms with E-state index in [0.717, 1.165) is 11.0 Å². The molecule has 6 atom stereocenters. The van der Waals surface area contributed by atoms with E-state index in [0.29, 0.717) is 5.56 Å². The Morgan fingerprint density at radius 1 is 0.857 bits per heavy atom. The van der Waals surface area contributed by atoms with Gasteiger partial charge in [0.15, 0.2) is 33.0 Å². The Balaban J connectivity index is 1.41. The molecule has 2 heterocycles. The maximum atomic E-state index is 15.2. The number of fused-ring (bicyclic) bond motifs is 4. The number of methoxy groups -OCH3 is 1. The quantitative estimate of drug-likeness (QED) is 0.0885. The molecule has 3 fully saturated rings. The van der Waals surface area contributed by atoms with Gasteiger partial charge in [-0.3, -0.25) is 24.1 Å². The fraction of sp³-hybridized carbons (Fsp3) is 0.294. The van der Waals surface area contributed by atoms with E-state index >= 15 is 8.78 Å². The SMILES string of the molecule is COc1ccc([C@H]2C3=CC[C@@H]4C(=O)N(Cc5ccccc5)C(=O)[C@@H]4[C@@H]3C[C@@]3(Cl)C(=O)N(c4c(F)c(F)c(F)c(F)c4F)C(=O)[C@@]23Cl)c(O)c1. The van der Waals surface area contributed by atoms with Crippen LogP contribution in [0.15, 0.2) is 60.2 Å². The fourth-order valence-corrected chi connectivity index (χ4v) is 8.72. The third-order valence-electron chi connectivity index (χ3n) is 10.0. The molecule has 4 amide bonds. The Hall–Kier alpha value is -4.49. The Labute approximate surface area is 284 Å². The minimum Gasteiger partial charge on any atom is -0.508 e. The summed E-state index contributed by atoms with van der Waals surface area (Å²) in [6.07, 6.45) is 0.884. The molecule has 0 aromatic heterocycles. The Kier molecular flexibility index (Phi) is 7.60. The molecule has 254 valence electrons. The highest BCUT2D eigenvalue weighted by Gasteiger charge is 2.77. The number of alkyl halides is 2. The second-order valence-electron chi connectivity index (χ2n) is 12.4. The van der Waals surface area contributed by atoms with Crippen LogP contribution in [0.4, 0.5) is 27.6 Å². The average Bonchev–Trinajstić information content (AvgIpc) is 3.41. The van der Waals surface area contributed by atoms with Crippen molar-refractivity contribution >= 4 is 52.5 Å². The van der Waals surface area contributed by atoms with Gasteiger partial charge >= 0.3 is 0 Å². The zero-order valence-electron chi connectivity index (χ0n) is 25.2. The van der Waals surface area contributed by atoms with Crippen molar-refractivity contribution in [1.82, 2.24) is 4.90 Å². The van der Waals surface area contributed by atoms with Crippen molar-refractivity contribution in [2.24, 2.45) is 17.8 Å². The van der Waals surface area contributed by atoms with E-state index in [1.807, 2.05) is 0 Å². The maximum absolute atomic E-state index is 15.2. The van der Waals surface area contributed by atoms with Gasteiger partial charge in [-0.2, -0.15) is 0 Å². The van der Waals surface area contributed by atoms with E-state index in [2.05, 4.69) is 0 Å². The van der Waals surface area contributed by atoms with Crippen molar-refractivity contribution < 1.29 is 51.0 Å². The number of halogens is 7. The predicted molar refractivity (Wildman–Crippen MR) is 163 cm³/mol. The molecule has 4 aliphatic rings. The number of phenolic OH excluding ortho intramolecular Hbond substituents is 1. The first kappa shape index (κ1) is 33.0. The number of hydrogen-bond acceptors (Lipinski definition) is 6. The number of rotatable bonds is 5. The lowest BCUT2D eigenvalue weighted by atomic mass is 9.56. The van der Waals surface area contributed by atoms with Crippen LogP contribution >= 0.6 is 23.2 Å². The van der Waals surface area contributed by atoms with Gasteiger partial charge in [-0.15, -0.1) is 23.2 Å². The zero-order chi connectivity index (χ0) is 35.3. The third kappa shape index (κ3) is 4.33. The van der Waals surface area contributed by atoms with Crippen LogP contribution < -0.4 is 9.64 Å². The number of imide groups is 2. The molecular weight excluding hydrogens is 698 g/mol. The summed E-state index contributed by atoms with van der Waals surface area (Å²) in [4.78, 5) is 51.6. The highest BCUT2D eigenvalue weighted by molar-refractivity contribution is 6.58. The molecule has 8 nitrogen and oxygen atoms in total. The van der Waals surface area contributed by atoms with Gasteiger partial charge in [0.2, 0.25) is 17.6 Å². The molecule has 1 saturated carbocycles. The van der Waals surface area contributed by atoms with Gasteiger partial charge < -0.3 is 9.84 Å². The summed E-state index contributed by atoms with van der Waals surface area (Å²) in [6, 6.07) is 12.5. The molecule has 7 rings (SSSR count). The summed E-state index contributed by atoms with van der Waals surface area (Å²) < 4.78 is 78.3. The monoisotopic (exact) mass is 720 g/mol. The van der Waals surface area contributed by atoms with Crippen molar-refractivity contribution in [2.75, 3.05) is 12.0 Å². The van der Waals surface area contributed by atoms with Gasteiger partial charge in [-0.25, -0.2) is 26.9 Å². The molecule has 2 aliphatic carbocycles. The molecule has 2 saturated heterocycles. The van der Waals surface area contributed by atoms with E-state index in [1.54, 1.807) is 36.4 Å². The average molecular weight is 721 g/mol. The topological polar surface area (TPSA) is 104 Å². The molecule has 1 N–H and O–H groups in total. The third-order valence-corrected chi connectivity index (χ3v) is 11.5. The summed E-state index contributed by atoms with van der Waals surface area (Å²) >= 11 is 14.2. The minimum atomic E-state index is -2.75. The molecule has 0 bridgehead atoms. The molecule has 0 radical (unpaired) electrons. The first-order valence-corrected chi connectivity index (χ1v) is 15.7. The number of carbonyl (C=O) groups is 4. The Morgan fingerprint density at radius 2 is 1.49 bits per heavy atom. The van der Waals surface area contributed by atoms with Crippen molar-refractivity contribution in [2.45, 2.75) is 35.1 Å². The summed E-state index contributed by atoms with van der Waals surface area (Å²) in [7, 11) is 1.31. The van der Waals surface area contributed by atoms with Crippen LogP contribution in [0.1, 0.15) is 29.9 Å². The number of carbonyl (C=O) groups excluding carboxylic acids is 4. The lowest BCUT2D eigenvalue weighted by molar-refractivity contribution is -0.141. The molecule has 2 aliphatic heterocycles. The van der Waals surface area contributed by atoms with Crippen LogP contribution in [-0.2, 0) is 25.7 Å². The number of likely N-dealkylation sites (tertiary alicyclic amines) is 1. The largest absolute Gasteiger partial charge is 0.508 e. The van der Waals surface area contributed by atoms with Gasteiger partial charge in [0.05, 0.1) is 25.5 Å². The van der Waals surface area contributed by atoms with Crippen LogP contribution in [0.25, 0.3) is 0 Å². The van der Waals surface area contributed by atoms with Crippen molar-refractivity contribution in [3.63, 3.8) is 0 Å². The molecule has 0 spiro atoms. The Bertz CT molecular complexity index is 2000. The maximum Gasteiger partial charge on any atom is 0.258 e. The lowest BCUT2D eigenvalue weighted by Crippen LogP contribution is -2.60. The molecule has 15 heteroatoms. The zero-order valence-corrected chi connectivity index (χ0v) is 26.7. The van der Waals surface area contributed by atoms with Gasteiger partial charge in [0.1, 0.15) is 17.2 Å². The fourth-order valence-electron chi connectivity index (χ4n) is 7.79. The molecule has 3 aromatic carbocycles. The predicted octanol–water partition coefficient (Wildman–Crippen LogP) is 5.86. The van der Waals surface area contributed by atoms with E-state index in [-0.39, 0.29) is 34.8 Å². The van der Waals surface area contributed by atoms with Crippen molar-refractivity contribution in [1.29, 1.82) is 0 Å². The second-order valence-corrected chi connectivity index (χ2v) is 13.6. The van der Waals surface area contributed by atoms with E-state index in [9.17, 15) is 37.5 Å². The van der Waals surface area contributed by atoms with Crippen LogP contribution in [0, 0.1) is 46.8 Å². The van der Waals surface area contributed by atoms with E-state index in [4.69, 9.17) is 27.9 Å². The van der Waals surface area contributed by atoms with Crippen LogP contribution in [0.3, 0.4) is 0 Å². The number of allylic oxidation sites excluding steroid dienone is 2. The minimum absolute atomic E-state index is 0.0223. The first-order valence-electron chi connectivity index (χ1n) is 14.9. The van der Waals surface area contributed by atoms with Crippen molar-refractivity contribution in [3.8, 4) is 11.5 Å². The Morgan fingerprint density at radius 3 is 2.10 bits per heavy atom. The van der Waals surface area contributed by atoms with Crippen LogP contribution in [0.2, 0.25) is 0 Å². The van der Waals surface area contributed by atoms with Crippen LogP contribution in [0.5, 0.6) is 11.5 Å². The highest BCUT2D eigenvalue weighted by atomic mass is 35.5. The smallest absolute Gasteiger partial charge is 0.258 e. The molecule has 0 unspecified atom stereocenters. The van der Waals surface area contributed by atoms with Crippen molar-refractivity contribution in [3.05, 3.63) is 100 Å². The number of aromatic hydroxyl groups is 1. The summed E-state index contributed by atoms with van der Waals surface area (Å²) in [6.45, 7) is -0.0623. The number of ether oxygens (including phenoxy) is 1. The van der Waals surface area contributed by atoms with E-state index in [1.165, 1.54) is 19.2 Å². The molecule has 49 heavy (non-hydrogen) atoms.